The zero-order chi connectivity index (χ0) is 15.5. The van der Waals surface area contributed by atoms with E-state index < -0.39 is 0 Å². The van der Waals surface area contributed by atoms with Crippen LogP contribution >= 0.6 is 0 Å². The Kier molecular flexibility index (Phi) is 4.06. The molecule has 0 aliphatic carbocycles. The van der Waals surface area contributed by atoms with Crippen LogP contribution in [0.15, 0.2) is 67.0 Å². The molecule has 1 nitrogen and oxygen atoms in total. The van der Waals surface area contributed by atoms with Crippen LogP contribution in [0.5, 0.6) is 0 Å². The van der Waals surface area contributed by atoms with Gasteiger partial charge in [0.05, 0.1) is 0 Å². The van der Waals surface area contributed by atoms with Crippen LogP contribution in [0.2, 0.25) is 0 Å². The smallest absolute Gasteiger partial charge is 0.174 e. The van der Waals surface area contributed by atoms with Crippen molar-refractivity contribution in [1.82, 2.24) is 0 Å². The molecule has 0 spiro atoms. The Morgan fingerprint density at radius 3 is 1.86 bits per heavy atom. The maximum atomic E-state index is 2.27. The number of aryl methyl sites for hydroxylation is 3. The minimum absolute atomic E-state index is 0.924. The minimum atomic E-state index is 0.924. The molecule has 0 saturated carbocycles. The molecule has 0 fully saturated rings. The van der Waals surface area contributed by atoms with Crippen molar-refractivity contribution < 1.29 is 4.57 Å². The third kappa shape index (κ3) is 3.09. The molecule has 3 rings (SSSR count). The van der Waals surface area contributed by atoms with Crippen LogP contribution in [-0.4, -0.2) is 0 Å². The highest BCUT2D eigenvalue weighted by molar-refractivity contribution is 5.61. The van der Waals surface area contributed by atoms with Crippen LogP contribution in [0.25, 0.3) is 11.1 Å². The van der Waals surface area contributed by atoms with Gasteiger partial charge in [0.1, 0.15) is 0 Å². The molecule has 1 aromatic heterocycles. The van der Waals surface area contributed by atoms with Gasteiger partial charge in [0.25, 0.3) is 0 Å². The first-order chi connectivity index (χ1) is 10.6. The second-order valence-electron chi connectivity index (χ2n) is 6.00. The normalized spacial score (nSPS) is 10.7. The first-order valence-corrected chi connectivity index (χ1v) is 7.75. The molecule has 110 valence electrons. The quantitative estimate of drug-likeness (QED) is 0.619. The summed E-state index contributed by atoms with van der Waals surface area (Å²) >= 11 is 0. The summed E-state index contributed by atoms with van der Waals surface area (Å²) in [6, 6.07) is 19.4. The van der Waals surface area contributed by atoms with Gasteiger partial charge < -0.3 is 0 Å². The topological polar surface area (TPSA) is 3.88 Å². The van der Waals surface area contributed by atoms with Crippen molar-refractivity contribution in [2.24, 2.45) is 0 Å². The highest BCUT2D eigenvalue weighted by Crippen LogP contribution is 2.18. The summed E-state index contributed by atoms with van der Waals surface area (Å²) in [5.74, 6) is 0. The summed E-state index contributed by atoms with van der Waals surface area (Å²) < 4.78 is 2.25. The monoisotopic (exact) mass is 288 g/mol. The van der Waals surface area contributed by atoms with E-state index in [0.29, 0.717) is 0 Å². The van der Waals surface area contributed by atoms with Gasteiger partial charge in [0.2, 0.25) is 0 Å². The van der Waals surface area contributed by atoms with E-state index in [-0.39, 0.29) is 0 Å². The Morgan fingerprint density at radius 2 is 1.27 bits per heavy atom. The SMILES string of the molecule is Cc1cc(C)c(C[n+]2ccc(-c3ccccc3)cc2)c(C)c1. The molecule has 0 bridgehead atoms. The molecule has 0 atom stereocenters. The number of benzene rings is 2. The van der Waals surface area contributed by atoms with Crippen LogP contribution in [-0.2, 0) is 6.54 Å². The van der Waals surface area contributed by atoms with Crippen molar-refractivity contribution in [2.75, 3.05) is 0 Å². The number of rotatable bonds is 3. The molecule has 0 unspecified atom stereocenters. The molecular weight excluding hydrogens is 266 g/mol. The van der Waals surface area contributed by atoms with Crippen molar-refractivity contribution in [1.29, 1.82) is 0 Å². The molecule has 0 amide bonds. The Morgan fingerprint density at radius 1 is 0.727 bits per heavy atom. The third-order valence-corrected chi connectivity index (χ3v) is 4.18. The van der Waals surface area contributed by atoms with E-state index in [1.165, 1.54) is 33.4 Å². The fraction of sp³-hybridized carbons (Fsp3) is 0.190. The van der Waals surface area contributed by atoms with Crippen LogP contribution in [0.4, 0.5) is 0 Å². The van der Waals surface area contributed by atoms with E-state index >= 15 is 0 Å². The zero-order valence-electron chi connectivity index (χ0n) is 13.5. The number of hydrogen-bond donors (Lipinski definition) is 0. The van der Waals surface area contributed by atoms with E-state index in [4.69, 9.17) is 0 Å². The summed E-state index contributed by atoms with van der Waals surface area (Å²) in [7, 11) is 0. The van der Waals surface area contributed by atoms with E-state index in [1.807, 2.05) is 0 Å². The molecule has 22 heavy (non-hydrogen) atoms. The maximum Gasteiger partial charge on any atom is 0.174 e. The molecule has 0 radical (unpaired) electrons. The number of aromatic nitrogens is 1. The van der Waals surface area contributed by atoms with E-state index in [9.17, 15) is 0 Å². The molecular formula is C21H22N+. The Hall–Kier alpha value is -2.41. The number of hydrogen-bond acceptors (Lipinski definition) is 0. The first-order valence-electron chi connectivity index (χ1n) is 7.75. The van der Waals surface area contributed by atoms with Gasteiger partial charge in [-0.15, -0.1) is 0 Å². The van der Waals surface area contributed by atoms with Gasteiger partial charge in [-0.3, -0.25) is 0 Å². The minimum Gasteiger partial charge on any atom is -0.201 e. The molecule has 3 aromatic rings. The average molecular weight is 288 g/mol. The number of pyridine rings is 1. The summed E-state index contributed by atoms with van der Waals surface area (Å²) in [6.07, 6.45) is 4.34. The van der Waals surface area contributed by atoms with Crippen LogP contribution in [0.3, 0.4) is 0 Å². The highest BCUT2D eigenvalue weighted by Gasteiger charge is 2.10. The molecule has 0 N–H and O–H groups in total. The zero-order valence-corrected chi connectivity index (χ0v) is 13.5. The maximum absolute atomic E-state index is 2.27. The predicted molar refractivity (Wildman–Crippen MR) is 91.8 cm³/mol. The molecule has 0 aliphatic rings. The second kappa shape index (κ2) is 6.15. The average Bonchev–Trinajstić information content (AvgIpc) is 2.52. The van der Waals surface area contributed by atoms with Crippen LogP contribution < -0.4 is 4.57 Å². The van der Waals surface area contributed by atoms with E-state index in [0.717, 1.165) is 6.54 Å². The number of nitrogens with zero attached hydrogens (tertiary/aromatic N) is 1. The Labute approximate surface area is 132 Å². The molecule has 0 aliphatic heterocycles. The third-order valence-electron chi connectivity index (χ3n) is 4.18. The summed E-state index contributed by atoms with van der Waals surface area (Å²) in [5, 5.41) is 0. The lowest BCUT2D eigenvalue weighted by molar-refractivity contribution is -0.688. The predicted octanol–water partition coefficient (Wildman–Crippen LogP) is 4.61. The standard InChI is InChI=1S/C21H22N/c1-16-13-17(2)21(18(3)14-16)15-22-11-9-20(10-12-22)19-7-5-4-6-8-19/h4-14H,15H2,1-3H3/q+1. The van der Waals surface area contributed by atoms with Crippen molar-refractivity contribution in [3.63, 3.8) is 0 Å². The lowest BCUT2D eigenvalue weighted by atomic mass is 9.99. The van der Waals surface area contributed by atoms with Crippen molar-refractivity contribution in [2.45, 2.75) is 27.3 Å². The van der Waals surface area contributed by atoms with Crippen molar-refractivity contribution in [3.05, 3.63) is 89.2 Å². The Balaban J connectivity index is 1.86. The second-order valence-corrected chi connectivity index (χ2v) is 6.00. The van der Waals surface area contributed by atoms with Gasteiger partial charge >= 0.3 is 0 Å². The first kappa shape index (κ1) is 14.5. The van der Waals surface area contributed by atoms with Crippen LogP contribution in [0, 0.1) is 20.8 Å². The van der Waals surface area contributed by atoms with Gasteiger partial charge in [0.15, 0.2) is 18.9 Å². The van der Waals surface area contributed by atoms with Gasteiger partial charge in [-0.05, 0) is 43.0 Å². The van der Waals surface area contributed by atoms with Gasteiger partial charge in [-0.25, -0.2) is 4.57 Å². The molecule has 1 heterocycles. The lowest BCUT2D eigenvalue weighted by Gasteiger charge is -2.09. The summed E-state index contributed by atoms with van der Waals surface area (Å²) in [4.78, 5) is 0. The van der Waals surface area contributed by atoms with E-state index in [2.05, 4.69) is 92.3 Å². The van der Waals surface area contributed by atoms with Crippen molar-refractivity contribution >= 4 is 0 Å². The van der Waals surface area contributed by atoms with E-state index in [1.54, 1.807) is 0 Å². The van der Waals surface area contributed by atoms with Crippen LogP contribution in [0.1, 0.15) is 22.3 Å². The lowest BCUT2D eigenvalue weighted by Crippen LogP contribution is -2.33. The van der Waals surface area contributed by atoms with Crippen molar-refractivity contribution in [3.8, 4) is 11.1 Å². The molecule has 1 heteroatoms. The van der Waals surface area contributed by atoms with Gasteiger partial charge in [-0.1, -0.05) is 48.0 Å². The summed E-state index contributed by atoms with van der Waals surface area (Å²) in [5.41, 5.74) is 8.02. The Bertz CT molecular complexity index is 748. The molecule has 2 aromatic carbocycles. The molecule has 0 saturated heterocycles. The largest absolute Gasteiger partial charge is 0.201 e. The van der Waals surface area contributed by atoms with Gasteiger partial charge in [-0.2, -0.15) is 0 Å². The van der Waals surface area contributed by atoms with Gasteiger partial charge in [0, 0.05) is 17.7 Å². The highest BCUT2D eigenvalue weighted by atomic mass is 14.9. The summed E-state index contributed by atoms with van der Waals surface area (Å²) in [6.45, 7) is 7.49. The fourth-order valence-corrected chi connectivity index (χ4v) is 3.03. The fourth-order valence-electron chi connectivity index (χ4n) is 3.03.